The summed E-state index contributed by atoms with van der Waals surface area (Å²) < 4.78 is 5.25. The van der Waals surface area contributed by atoms with Gasteiger partial charge in [0.15, 0.2) is 0 Å². The third-order valence-electron chi connectivity index (χ3n) is 2.74. The van der Waals surface area contributed by atoms with Gasteiger partial charge in [-0.1, -0.05) is 0 Å². The third kappa shape index (κ3) is 6.22. The van der Waals surface area contributed by atoms with Gasteiger partial charge in [0.05, 0.1) is 13.2 Å². The Bertz CT molecular complexity index is 354. The van der Waals surface area contributed by atoms with Gasteiger partial charge in [-0.25, -0.2) is 0 Å². The molecular weight excluding hydrogens is 244 g/mol. The Morgan fingerprint density at radius 2 is 2.16 bits per heavy atom. The van der Waals surface area contributed by atoms with Crippen LogP contribution in [0.3, 0.4) is 0 Å². The number of hydrogen-bond donors (Lipinski definition) is 2. The molecule has 1 aliphatic rings. The summed E-state index contributed by atoms with van der Waals surface area (Å²) >= 11 is 0. The zero-order chi connectivity index (χ0) is 14.1. The van der Waals surface area contributed by atoms with E-state index in [4.69, 9.17) is 10.00 Å². The maximum atomic E-state index is 11.7. The number of nitriles is 1. The Morgan fingerprint density at radius 3 is 2.74 bits per heavy atom. The van der Waals surface area contributed by atoms with E-state index in [2.05, 4.69) is 15.5 Å². The molecule has 0 spiro atoms. The maximum absolute atomic E-state index is 11.7. The van der Waals surface area contributed by atoms with E-state index in [9.17, 15) is 4.79 Å². The van der Waals surface area contributed by atoms with Crippen LogP contribution in [0.15, 0.2) is 11.8 Å². The summed E-state index contributed by atoms with van der Waals surface area (Å²) in [6.45, 7) is 8.50. The van der Waals surface area contributed by atoms with E-state index in [0.717, 1.165) is 32.8 Å². The van der Waals surface area contributed by atoms with Gasteiger partial charge in [0, 0.05) is 38.4 Å². The highest BCUT2D eigenvalue weighted by atomic mass is 16.5. The van der Waals surface area contributed by atoms with Crippen molar-refractivity contribution in [3.05, 3.63) is 11.8 Å². The Balaban J connectivity index is 2.28. The smallest absolute Gasteiger partial charge is 0.263 e. The van der Waals surface area contributed by atoms with Crippen molar-refractivity contribution in [2.75, 3.05) is 39.4 Å². The number of hydrogen-bond acceptors (Lipinski definition) is 5. The van der Waals surface area contributed by atoms with Crippen LogP contribution >= 0.6 is 0 Å². The molecule has 19 heavy (non-hydrogen) atoms. The molecule has 0 aromatic carbocycles. The zero-order valence-corrected chi connectivity index (χ0v) is 11.6. The summed E-state index contributed by atoms with van der Waals surface area (Å²) in [7, 11) is 0. The molecule has 0 aromatic rings. The van der Waals surface area contributed by atoms with Crippen molar-refractivity contribution in [3.8, 4) is 6.07 Å². The number of nitrogens with zero attached hydrogens (tertiary/aromatic N) is 2. The Kier molecular flexibility index (Phi) is 6.93. The SMILES string of the molecule is CC(C)N/C=C(/C#N)C(=O)NCCN1CCOCC1. The van der Waals surface area contributed by atoms with Gasteiger partial charge in [0.1, 0.15) is 11.6 Å². The molecule has 0 aliphatic carbocycles. The first-order chi connectivity index (χ1) is 9.13. The first kappa shape index (κ1) is 15.5. The van der Waals surface area contributed by atoms with E-state index in [1.165, 1.54) is 6.20 Å². The second-order valence-electron chi connectivity index (χ2n) is 4.70. The quantitative estimate of drug-likeness (QED) is 0.516. The Labute approximate surface area is 114 Å². The lowest BCUT2D eigenvalue weighted by Gasteiger charge is -2.26. The monoisotopic (exact) mass is 266 g/mol. The van der Waals surface area contributed by atoms with Crippen molar-refractivity contribution in [3.63, 3.8) is 0 Å². The Morgan fingerprint density at radius 1 is 1.47 bits per heavy atom. The molecule has 106 valence electrons. The summed E-state index contributed by atoms with van der Waals surface area (Å²) in [5.74, 6) is -0.330. The lowest BCUT2D eigenvalue weighted by Crippen LogP contribution is -2.41. The molecule has 0 saturated carbocycles. The first-order valence-corrected chi connectivity index (χ1v) is 6.58. The molecule has 1 rings (SSSR count). The largest absolute Gasteiger partial charge is 0.387 e. The van der Waals surface area contributed by atoms with Crippen LogP contribution in [0.2, 0.25) is 0 Å². The fourth-order valence-electron chi connectivity index (χ4n) is 1.65. The van der Waals surface area contributed by atoms with Crippen molar-refractivity contribution in [1.82, 2.24) is 15.5 Å². The number of carbonyl (C=O) groups excluding carboxylic acids is 1. The summed E-state index contributed by atoms with van der Waals surface area (Å²) in [5, 5.41) is 14.6. The highest BCUT2D eigenvalue weighted by Gasteiger charge is 2.12. The molecule has 6 heteroatoms. The normalized spacial score (nSPS) is 17.1. The van der Waals surface area contributed by atoms with Crippen LogP contribution in [0.4, 0.5) is 0 Å². The van der Waals surface area contributed by atoms with E-state index in [1.54, 1.807) is 0 Å². The summed E-state index contributed by atoms with van der Waals surface area (Å²) in [4.78, 5) is 14.0. The highest BCUT2D eigenvalue weighted by molar-refractivity contribution is 5.97. The molecule has 1 fully saturated rings. The van der Waals surface area contributed by atoms with E-state index < -0.39 is 0 Å². The molecule has 0 aromatic heterocycles. The van der Waals surface area contributed by atoms with Crippen molar-refractivity contribution in [2.45, 2.75) is 19.9 Å². The first-order valence-electron chi connectivity index (χ1n) is 6.58. The standard InChI is InChI=1S/C13H22N4O2/c1-11(2)16-10-12(9-14)13(18)15-3-4-17-5-7-19-8-6-17/h10-11,16H,3-8H2,1-2H3,(H,15,18)/b12-10-. The lowest BCUT2D eigenvalue weighted by molar-refractivity contribution is -0.117. The predicted octanol–water partition coefficient (Wildman–Crippen LogP) is -0.160. The van der Waals surface area contributed by atoms with Crippen LogP contribution in [0, 0.1) is 11.3 Å². The van der Waals surface area contributed by atoms with Crippen LogP contribution in [0.5, 0.6) is 0 Å². The molecule has 6 nitrogen and oxygen atoms in total. The van der Waals surface area contributed by atoms with Crippen LogP contribution < -0.4 is 10.6 Å². The molecule has 0 unspecified atom stereocenters. The predicted molar refractivity (Wildman–Crippen MR) is 72.2 cm³/mol. The number of morpholine rings is 1. The number of nitrogens with one attached hydrogen (secondary N) is 2. The number of rotatable bonds is 6. The minimum Gasteiger partial charge on any atom is -0.387 e. The molecule has 0 radical (unpaired) electrons. The molecule has 0 atom stereocenters. The van der Waals surface area contributed by atoms with E-state index in [-0.39, 0.29) is 17.5 Å². The number of carbonyl (C=O) groups is 1. The van der Waals surface area contributed by atoms with Gasteiger partial charge in [0.25, 0.3) is 5.91 Å². The van der Waals surface area contributed by atoms with Crippen molar-refractivity contribution < 1.29 is 9.53 Å². The molecule has 1 amide bonds. The van der Waals surface area contributed by atoms with Crippen LogP contribution in [-0.2, 0) is 9.53 Å². The van der Waals surface area contributed by atoms with Gasteiger partial charge < -0.3 is 15.4 Å². The lowest BCUT2D eigenvalue weighted by atomic mass is 10.3. The van der Waals surface area contributed by atoms with Gasteiger partial charge in [-0.2, -0.15) is 5.26 Å². The third-order valence-corrected chi connectivity index (χ3v) is 2.74. The van der Waals surface area contributed by atoms with Crippen LogP contribution in [-0.4, -0.2) is 56.2 Å². The van der Waals surface area contributed by atoms with Crippen LogP contribution in [0.25, 0.3) is 0 Å². The van der Waals surface area contributed by atoms with Gasteiger partial charge in [-0.3, -0.25) is 9.69 Å². The second kappa shape index (κ2) is 8.51. The van der Waals surface area contributed by atoms with Crippen molar-refractivity contribution >= 4 is 5.91 Å². The van der Waals surface area contributed by atoms with Crippen molar-refractivity contribution in [2.24, 2.45) is 0 Å². The number of amides is 1. The van der Waals surface area contributed by atoms with Crippen molar-refractivity contribution in [1.29, 1.82) is 5.26 Å². The molecule has 2 N–H and O–H groups in total. The van der Waals surface area contributed by atoms with E-state index in [0.29, 0.717) is 6.54 Å². The average molecular weight is 266 g/mol. The summed E-state index contributed by atoms with van der Waals surface area (Å²) in [6.07, 6.45) is 1.47. The Hall–Kier alpha value is -1.58. The summed E-state index contributed by atoms with van der Waals surface area (Å²) in [5.41, 5.74) is 0.107. The fraction of sp³-hybridized carbons (Fsp3) is 0.692. The van der Waals surface area contributed by atoms with Gasteiger partial charge in [-0.15, -0.1) is 0 Å². The highest BCUT2D eigenvalue weighted by Crippen LogP contribution is 1.96. The van der Waals surface area contributed by atoms with E-state index in [1.807, 2.05) is 19.9 Å². The zero-order valence-electron chi connectivity index (χ0n) is 11.6. The molecular formula is C13H22N4O2. The molecule has 1 aliphatic heterocycles. The molecule has 0 bridgehead atoms. The van der Waals surface area contributed by atoms with Gasteiger partial charge in [0.2, 0.25) is 0 Å². The minimum absolute atomic E-state index is 0.107. The molecule has 1 heterocycles. The number of ether oxygens (including phenoxy) is 1. The molecule has 1 saturated heterocycles. The topological polar surface area (TPSA) is 77.4 Å². The van der Waals surface area contributed by atoms with Gasteiger partial charge >= 0.3 is 0 Å². The fourth-order valence-corrected chi connectivity index (χ4v) is 1.65. The van der Waals surface area contributed by atoms with Gasteiger partial charge in [-0.05, 0) is 13.8 Å². The van der Waals surface area contributed by atoms with Crippen LogP contribution in [0.1, 0.15) is 13.8 Å². The summed E-state index contributed by atoms with van der Waals surface area (Å²) in [6, 6.07) is 2.10. The average Bonchev–Trinajstić information content (AvgIpc) is 2.40. The van der Waals surface area contributed by atoms with E-state index >= 15 is 0 Å². The minimum atomic E-state index is -0.330. The second-order valence-corrected chi connectivity index (χ2v) is 4.70. The maximum Gasteiger partial charge on any atom is 0.263 e.